The van der Waals surface area contributed by atoms with E-state index in [1.54, 1.807) is 24.3 Å². The molecule has 1 heterocycles. The highest BCUT2D eigenvalue weighted by Gasteiger charge is 2.14. The number of hydrogen-bond acceptors (Lipinski definition) is 4. The number of likely N-dealkylation sites (N-methyl/N-ethyl adjacent to an activating group) is 1. The lowest BCUT2D eigenvalue weighted by atomic mass is 9.92. The van der Waals surface area contributed by atoms with Gasteiger partial charge in [-0.25, -0.2) is 0 Å². The van der Waals surface area contributed by atoms with Gasteiger partial charge in [0.25, 0.3) is 0 Å². The minimum Gasteiger partial charge on any atom is -0.508 e. The van der Waals surface area contributed by atoms with E-state index < -0.39 is 0 Å². The molecule has 3 aromatic carbocycles. The average molecular weight is 432 g/mol. The molecule has 0 saturated carbocycles. The van der Waals surface area contributed by atoms with Crippen molar-refractivity contribution in [2.45, 2.75) is 26.7 Å². The summed E-state index contributed by atoms with van der Waals surface area (Å²) in [7, 11) is 1.93. The van der Waals surface area contributed by atoms with Gasteiger partial charge in [-0.3, -0.25) is 0 Å². The van der Waals surface area contributed by atoms with Crippen LogP contribution in [0.15, 0.2) is 72.8 Å². The summed E-state index contributed by atoms with van der Waals surface area (Å²) in [4.78, 5) is 0. The maximum absolute atomic E-state index is 8.63. The number of allylic oxidation sites excluding steroid dienone is 2. The van der Waals surface area contributed by atoms with E-state index in [0.717, 1.165) is 37.5 Å². The van der Waals surface area contributed by atoms with Gasteiger partial charge in [0.15, 0.2) is 0 Å². The standard InChI is InChI=1S/C22H27NO2.C6H6O/c1-4-21(18-7-10-22-19(15-18)11-13-25-22)16(2)17-5-8-20(9-6-17)24-14-12-23-3;7-6-4-2-1-3-5-6/h5-10,15,23H,4,11-14H2,1-3H3;1-5,7H/b21-16-;. The molecule has 1 aliphatic rings. The third-order valence-electron chi connectivity index (χ3n) is 5.51. The van der Waals surface area contributed by atoms with Crippen LogP contribution < -0.4 is 14.8 Å². The molecule has 3 aromatic rings. The maximum Gasteiger partial charge on any atom is 0.122 e. The van der Waals surface area contributed by atoms with Gasteiger partial charge in [-0.2, -0.15) is 0 Å². The Hall–Kier alpha value is -3.24. The Balaban J connectivity index is 0.000000352. The molecule has 0 radical (unpaired) electrons. The molecule has 0 amide bonds. The van der Waals surface area contributed by atoms with Gasteiger partial charge in [0.2, 0.25) is 0 Å². The van der Waals surface area contributed by atoms with Crippen molar-refractivity contribution in [2.24, 2.45) is 0 Å². The molecule has 2 N–H and O–H groups in total. The van der Waals surface area contributed by atoms with Crippen molar-refractivity contribution >= 4 is 11.1 Å². The van der Waals surface area contributed by atoms with Crippen LogP contribution >= 0.6 is 0 Å². The fraction of sp³-hybridized carbons (Fsp3) is 0.286. The number of para-hydroxylation sites is 1. The molecule has 4 heteroatoms. The van der Waals surface area contributed by atoms with Gasteiger partial charge in [0.05, 0.1) is 6.61 Å². The lowest BCUT2D eigenvalue weighted by Crippen LogP contribution is -2.15. The second-order valence-electron chi connectivity index (χ2n) is 7.69. The monoisotopic (exact) mass is 431 g/mol. The number of nitrogens with one attached hydrogen (secondary N) is 1. The van der Waals surface area contributed by atoms with E-state index in [0.29, 0.717) is 12.4 Å². The molecule has 0 fully saturated rings. The summed E-state index contributed by atoms with van der Waals surface area (Å²) in [5, 5.41) is 11.7. The smallest absolute Gasteiger partial charge is 0.122 e. The lowest BCUT2D eigenvalue weighted by Gasteiger charge is -2.13. The molecule has 0 aliphatic carbocycles. The molecule has 0 unspecified atom stereocenters. The first kappa shape index (κ1) is 23.4. The largest absolute Gasteiger partial charge is 0.508 e. The van der Waals surface area contributed by atoms with Crippen LogP contribution in [0.5, 0.6) is 17.2 Å². The van der Waals surface area contributed by atoms with Crippen molar-refractivity contribution in [3.63, 3.8) is 0 Å². The molecule has 32 heavy (non-hydrogen) atoms. The number of benzene rings is 3. The first-order chi connectivity index (χ1) is 15.6. The van der Waals surface area contributed by atoms with E-state index in [-0.39, 0.29) is 0 Å². The Morgan fingerprint density at radius 2 is 1.72 bits per heavy atom. The number of hydrogen-bond donors (Lipinski definition) is 2. The van der Waals surface area contributed by atoms with E-state index in [4.69, 9.17) is 14.6 Å². The minimum atomic E-state index is 0.322. The first-order valence-corrected chi connectivity index (χ1v) is 11.2. The molecule has 0 spiro atoms. The predicted octanol–water partition coefficient (Wildman–Crippen LogP) is 5.95. The van der Waals surface area contributed by atoms with Crippen molar-refractivity contribution in [1.29, 1.82) is 0 Å². The number of ether oxygens (including phenoxy) is 2. The van der Waals surface area contributed by atoms with Crippen LogP contribution in [0.1, 0.15) is 37.0 Å². The number of aromatic hydroxyl groups is 1. The average Bonchev–Trinajstić information content (AvgIpc) is 3.29. The van der Waals surface area contributed by atoms with Crippen LogP contribution in [0.3, 0.4) is 0 Å². The number of phenolic OH excluding ortho intramolecular Hbond substituents is 1. The normalized spacial score (nSPS) is 12.7. The molecule has 0 bridgehead atoms. The van der Waals surface area contributed by atoms with Crippen LogP contribution in [0, 0.1) is 0 Å². The Morgan fingerprint density at radius 3 is 2.34 bits per heavy atom. The summed E-state index contributed by atoms with van der Waals surface area (Å²) in [6.07, 6.45) is 2.02. The molecule has 4 nitrogen and oxygen atoms in total. The first-order valence-electron chi connectivity index (χ1n) is 11.2. The van der Waals surface area contributed by atoms with Gasteiger partial charge in [-0.05, 0) is 84.6 Å². The predicted molar refractivity (Wildman–Crippen MR) is 132 cm³/mol. The summed E-state index contributed by atoms with van der Waals surface area (Å²) >= 11 is 0. The number of rotatable bonds is 7. The van der Waals surface area contributed by atoms with E-state index in [1.807, 2.05) is 13.1 Å². The Bertz CT molecular complexity index is 1010. The van der Waals surface area contributed by atoms with E-state index in [9.17, 15) is 0 Å². The zero-order valence-corrected chi connectivity index (χ0v) is 19.2. The molecular weight excluding hydrogens is 398 g/mol. The van der Waals surface area contributed by atoms with Crippen LogP contribution in [0.25, 0.3) is 11.1 Å². The van der Waals surface area contributed by atoms with Crippen molar-refractivity contribution in [1.82, 2.24) is 5.32 Å². The molecular formula is C28H33NO3. The fourth-order valence-corrected chi connectivity index (χ4v) is 3.73. The quantitative estimate of drug-likeness (QED) is 0.358. The molecule has 0 aromatic heterocycles. The zero-order chi connectivity index (χ0) is 22.8. The van der Waals surface area contributed by atoms with Gasteiger partial charge in [0.1, 0.15) is 23.9 Å². The molecule has 0 atom stereocenters. The van der Waals surface area contributed by atoms with Gasteiger partial charge in [-0.15, -0.1) is 0 Å². The van der Waals surface area contributed by atoms with E-state index >= 15 is 0 Å². The molecule has 1 aliphatic heterocycles. The van der Waals surface area contributed by atoms with E-state index in [1.165, 1.54) is 27.8 Å². The Labute approximate surface area is 191 Å². The molecule has 168 valence electrons. The van der Waals surface area contributed by atoms with Gasteiger partial charge in [-0.1, -0.05) is 43.3 Å². The minimum absolute atomic E-state index is 0.322. The Morgan fingerprint density at radius 1 is 1.00 bits per heavy atom. The highest BCUT2D eigenvalue weighted by molar-refractivity contribution is 5.90. The maximum atomic E-state index is 8.63. The van der Waals surface area contributed by atoms with Crippen molar-refractivity contribution in [3.8, 4) is 17.2 Å². The topological polar surface area (TPSA) is 50.7 Å². The summed E-state index contributed by atoms with van der Waals surface area (Å²) in [6.45, 7) is 6.76. The third kappa shape index (κ3) is 6.38. The number of fused-ring (bicyclic) bond motifs is 1. The summed E-state index contributed by atoms with van der Waals surface area (Å²) < 4.78 is 11.3. The number of phenols is 1. The second-order valence-corrected chi connectivity index (χ2v) is 7.69. The van der Waals surface area contributed by atoms with Crippen molar-refractivity contribution in [3.05, 3.63) is 89.5 Å². The van der Waals surface area contributed by atoms with Gasteiger partial charge < -0.3 is 19.9 Å². The summed E-state index contributed by atoms with van der Waals surface area (Å²) in [5.41, 5.74) is 6.58. The van der Waals surface area contributed by atoms with Crippen LogP contribution in [0.4, 0.5) is 0 Å². The summed E-state index contributed by atoms with van der Waals surface area (Å²) in [6, 6.07) is 23.7. The zero-order valence-electron chi connectivity index (χ0n) is 19.2. The lowest BCUT2D eigenvalue weighted by molar-refractivity contribution is 0.318. The van der Waals surface area contributed by atoms with Crippen molar-refractivity contribution in [2.75, 3.05) is 26.8 Å². The SMILES string of the molecule is CC/C(=C(\C)c1ccc(OCCNC)cc1)c1ccc2c(c1)CCO2.Oc1ccccc1. The van der Waals surface area contributed by atoms with E-state index in [2.05, 4.69) is 61.6 Å². The Kier molecular flexibility index (Phi) is 8.76. The summed E-state index contributed by atoms with van der Waals surface area (Å²) in [5.74, 6) is 2.28. The van der Waals surface area contributed by atoms with Crippen molar-refractivity contribution < 1.29 is 14.6 Å². The van der Waals surface area contributed by atoms with Crippen LogP contribution in [-0.4, -0.2) is 31.9 Å². The second kappa shape index (κ2) is 12.0. The van der Waals surface area contributed by atoms with Gasteiger partial charge in [0, 0.05) is 13.0 Å². The molecule has 4 rings (SSSR count). The van der Waals surface area contributed by atoms with Crippen LogP contribution in [0.2, 0.25) is 0 Å². The van der Waals surface area contributed by atoms with Gasteiger partial charge >= 0.3 is 0 Å². The highest BCUT2D eigenvalue weighted by Crippen LogP contribution is 2.33. The third-order valence-corrected chi connectivity index (χ3v) is 5.51. The van der Waals surface area contributed by atoms with Crippen LogP contribution in [-0.2, 0) is 6.42 Å². The fourth-order valence-electron chi connectivity index (χ4n) is 3.73. The highest BCUT2D eigenvalue weighted by atomic mass is 16.5. The molecule has 0 saturated heterocycles.